The second kappa shape index (κ2) is 9.24. The van der Waals surface area contributed by atoms with Crippen LogP contribution in [0.5, 0.6) is 5.75 Å². The number of benzene rings is 1. The lowest BCUT2D eigenvalue weighted by Gasteiger charge is -2.33. The molecule has 2 saturated heterocycles. The summed E-state index contributed by atoms with van der Waals surface area (Å²) in [6.07, 6.45) is 2.38. The van der Waals surface area contributed by atoms with E-state index in [0.717, 1.165) is 43.9 Å². The number of anilines is 1. The molecule has 0 aliphatic carbocycles. The van der Waals surface area contributed by atoms with Gasteiger partial charge in [0.2, 0.25) is 11.8 Å². The second-order valence-corrected chi connectivity index (χ2v) is 6.93. The van der Waals surface area contributed by atoms with Gasteiger partial charge in [-0.1, -0.05) is 0 Å². The molecule has 6 nitrogen and oxygen atoms in total. The lowest BCUT2D eigenvalue weighted by atomic mass is 9.95. The Morgan fingerprint density at radius 2 is 1.88 bits per heavy atom. The Hall–Kier alpha value is -1.79. The van der Waals surface area contributed by atoms with E-state index in [-0.39, 0.29) is 30.1 Å². The van der Waals surface area contributed by atoms with Gasteiger partial charge in [-0.05, 0) is 56.6 Å². The number of hydrogen-bond acceptors (Lipinski definition) is 4. The van der Waals surface area contributed by atoms with E-state index in [0.29, 0.717) is 18.9 Å². The van der Waals surface area contributed by atoms with Gasteiger partial charge in [-0.2, -0.15) is 0 Å². The SMILES string of the molecule is CNCC1CCN(C(=O)C2CC(=O)N(c3ccc(OC)cc3)C2)CC1.Cl. The maximum atomic E-state index is 12.8. The maximum absolute atomic E-state index is 12.8. The van der Waals surface area contributed by atoms with Crippen molar-refractivity contribution in [3.8, 4) is 5.75 Å². The number of methoxy groups -OCH3 is 1. The van der Waals surface area contributed by atoms with E-state index in [2.05, 4.69) is 5.32 Å². The fraction of sp³-hybridized carbons (Fsp3) is 0.579. The molecule has 0 saturated carbocycles. The van der Waals surface area contributed by atoms with Gasteiger partial charge in [-0.25, -0.2) is 0 Å². The summed E-state index contributed by atoms with van der Waals surface area (Å²) in [5, 5.41) is 3.21. The zero-order valence-electron chi connectivity index (χ0n) is 15.4. The zero-order chi connectivity index (χ0) is 17.8. The van der Waals surface area contributed by atoms with Gasteiger partial charge in [0.15, 0.2) is 0 Å². The molecule has 0 aromatic heterocycles. The average molecular weight is 382 g/mol. The van der Waals surface area contributed by atoms with Crippen LogP contribution in [-0.2, 0) is 9.59 Å². The van der Waals surface area contributed by atoms with E-state index in [9.17, 15) is 9.59 Å². The highest BCUT2D eigenvalue weighted by atomic mass is 35.5. The number of rotatable bonds is 5. The van der Waals surface area contributed by atoms with Crippen LogP contribution in [-0.4, -0.2) is 57.1 Å². The monoisotopic (exact) mass is 381 g/mol. The van der Waals surface area contributed by atoms with Crippen LogP contribution in [0.3, 0.4) is 0 Å². The highest BCUT2D eigenvalue weighted by molar-refractivity contribution is 6.00. The number of nitrogens with zero attached hydrogens (tertiary/aromatic N) is 2. The van der Waals surface area contributed by atoms with Crippen LogP contribution in [0.1, 0.15) is 19.3 Å². The first-order valence-corrected chi connectivity index (χ1v) is 9.00. The van der Waals surface area contributed by atoms with Gasteiger partial charge in [0.25, 0.3) is 0 Å². The van der Waals surface area contributed by atoms with Gasteiger partial charge in [-0.3, -0.25) is 9.59 Å². The molecular formula is C19H28ClN3O3. The topological polar surface area (TPSA) is 61.9 Å². The Morgan fingerprint density at radius 1 is 1.23 bits per heavy atom. The van der Waals surface area contributed by atoms with Crippen molar-refractivity contribution >= 4 is 29.9 Å². The quantitative estimate of drug-likeness (QED) is 0.846. The summed E-state index contributed by atoms with van der Waals surface area (Å²) in [6, 6.07) is 7.41. The highest BCUT2D eigenvalue weighted by Gasteiger charge is 2.38. The molecule has 0 spiro atoms. The lowest BCUT2D eigenvalue weighted by molar-refractivity contribution is -0.137. The number of nitrogens with one attached hydrogen (secondary N) is 1. The molecule has 2 amide bonds. The minimum absolute atomic E-state index is 0. The van der Waals surface area contributed by atoms with Gasteiger partial charge in [0.1, 0.15) is 5.75 Å². The number of ether oxygens (including phenoxy) is 1. The van der Waals surface area contributed by atoms with E-state index in [1.807, 2.05) is 36.2 Å². The first kappa shape index (κ1) is 20.5. The minimum Gasteiger partial charge on any atom is -0.497 e. The Balaban J connectivity index is 0.00000243. The van der Waals surface area contributed by atoms with Gasteiger partial charge >= 0.3 is 0 Å². The number of carbonyl (C=O) groups is 2. The summed E-state index contributed by atoms with van der Waals surface area (Å²) in [5.41, 5.74) is 0.828. The third-order valence-corrected chi connectivity index (χ3v) is 5.28. The van der Waals surface area contributed by atoms with E-state index in [4.69, 9.17) is 4.74 Å². The standard InChI is InChI=1S/C19H27N3O3.ClH/c1-20-12-14-7-9-21(10-8-14)19(24)15-11-18(23)22(13-15)16-3-5-17(25-2)6-4-16;/h3-6,14-15,20H,7-13H2,1-2H3;1H. The predicted octanol–water partition coefficient (Wildman–Crippen LogP) is 1.93. The molecule has 2 aliphatic heterocycles. The first-order valence-electron chi connectivity index (χ1n) is 9.00. The van der Waals surface area contributed by atoms with E-state index >= 15 is 0 Å². The van der Waals surface area contributed by atoms with Gasteiger partial charge in [0, 0.05) is 31.7 Å². The molecule has 3 rings (SSSR count). The largest absolute Gasteiger partial charge is 0.497 e. The first-order chi connectivity index (χ1) is 12.1. The molecule has 26 heavy (non-hydrogen) atoms. The van der Waals surface area contributed by atoms with Crippen molar-refractivity contribution in [2.45, 2.75) is 19.3 Å². The third kappa shape index (κ3) is 4.48. The summed E-state index contributed by atoms with van der Waals surface area (Å²) < 4.78 is 5.15. The van der Waals surface area contributed by atoms with Crippen LogP contribution < -0.4 is 15.0 Å². The minimum atomic E-state index is -0.226. The van der Waals surface area contributed by atoms with E-state index in [1.165, 1.54) is 0 Å². The van der Waals surface area contributed by atoms with Crippen molar-refractivity contribution in [3.63, 3.8) is 0 Å². The van der Waals surface area contributed by atoms with Crippen molar-refractivity contribution in [1.82, 2.24) is 10.2 Å². The molecule has 1 unspecified atom stereocenters. The van der Waals surface area contributed by atoms with Gasteiger partial charge in [0.05, 0.1) is 13.0 Å². The predicted molar refractivity (Wildman–Crippen MR) is 104 cm³/mol. The summed E-state index contributed by atoms with van der Waals surface area (Å²) in [5.74, 6) is 1.33. The molecule has 2 heterocycles. The summed E-state index contributed by atoms with van der Waals surface area (Å²) in [4.78, 5) is 28.8. The van der Waals surface area contributed by atoms with Crippen molar-refractivity contribution in [2.24, 2.45) is 11.8 Å². The highest BCUT2D eigenvalue weighted by Crippen LogP contribution is 2.29. The number of amides is 2. The fourth-order valence-corrected chi connectivity index (χ4v) is 3.79. The van der Waals surface area contributed by atoms with E-state index < -0.39 is 0 Å². The molecular weight excluding hydrogens is 354 g/mol. The van der Waals surface area contributed by atoms with Crippen LogP contribution in [0.4, 0.5) is 5.69 Å². The zero-order valence-corrected chi connectivity index (χ0v) is 16.3. The number of halogens is 1. The van der Waals surface area contributed by atoms with Crippen molar-refractivity contribution in [2.75, 3.05) is 45.2 Å². The molecule has 0 radical (unpaired) electrons. The van der Waals surface area contributed by atoms with Crippen molar-refractivity contribution in [3.05, 3.63) is 24.3 Å². The molecule has 2 fully saturated rings. The molecule has 1 N–H and O–H groups in total. The Labute approximate surface area is 161 Å². The van der Waals surface area contributed by atoms with Crippen LogP contribution in [0.15, 0.2) is 24.3 Å². The van der Waals surface area contributed by atoms with Crippen LogP contribution >= 0.6 is 12.4 Å². The molecule has 1 atom stereocenters. The maximum Gasteiger partial charge on any atom is 0.228 e. The second-order valence-electron chi connectivity index (χ2n) is 6.93. The Morgan fingerprint density at radius 3 is 2.46 bits per heavy atom. The number of hydrogen-bond donors (Lipinski definition) is 1. The third-order valence-electron chi connectivity index (χ3n) is 5.28. The number of carbonyl (C=O) groups excluding carboxylic acids is 2. The van der Waals surface area contributed by atoms with Crippen molar-refractivity contribution in [1.29, 1.82) is 0 Å². The fourth-order valence-electron chi connectivity index (χ4n) is 3.79. The molecule has 0 bridgehead atoms. The van der Waals surface area contributed by atoms with Gasteiger partial charge < -0.3 is 19.9 Å². The number of likely N-dealkylation sites (tertiary alicyclic amines) is 1. The number of piperidine rings is 1. The normalized spacial score (nSPS) is 20.8. The molecule has 1 aromatic carbocycles. The molecule has 1 aromatic rings. The van der Waals surface area contributed by atoms with Gasteiger partial charge in [-0.15, -0.1) is 12.4 Å². The smallest absolute Gasteiger partial charge is 0.228 e. The summed E-state index contributed by atoms with van der Waals surface area (Å²) >= 11 is 0. The van der Waals surface area contributed by atoms with Crippen LogP contribution in [0.25, 0.3) is 0 Å². The van der Waals surface area contributed by atoms with Crippen molar-refractivity contribution < 1.29 is 14.3 Å². The van der Waals surface area contributed by atoms with Crippen LogP contribution in [0.2, 0.25) is 0 Å². The Bertz CT molecular complexity index is 615. The molecule has 2 aliphatic rings. The molecule has 7 heteroatoms. The van der Waals surface area contributed by atoms with E-state index in [1.54, 1.807) is 12.0 Å². The lowest BCUT2D eigenvalue weighted by Crippen LogP contribution is -2.43. The average Bonchev–Trinajstić information content (AvgIpc) is 3.04. The molecule has 144 valence electrons. The summed E-state index contributed by atoms with van der Waals surface area (Å²) in [6.45, 7) is 3.09. The van der Waals surface area contributed by atoms with Crippen LogP contribution in [0, 0.1) is 11.8 Å². The summed E-state index contributed by atoms with van der Waals surface area (Å²) in [7, 11) is 3.58. The Kier molecular flexibility index (Phi) is 7.29.